The summed E-state index contributed by atoms with van der Waals surface area (Å²) in [6, 6.07) is 0. The highest BCUT2D eigenvalue weighted by Gasteiger charge is 2.14. The first-order valence-electron chi connectivity index (χ1n) is 5.33. The first kappa shape index (κ1) is 9.09. The average Bonchev–Trinajstić information content (AvgIpc) is 2.06. The predicted octanol–water partition coefficient (Wildman–Crippen LogP) is 4.00. The van der Waals surface area contributed by atoms with Crippen LogP contribution < -0.4 is 0 Å². The van der Waals surface area contributed by atoms with Crippen molar-refractivity contribution in [3.05, 3.63) is 0 Å². The molecule has 0 aromatic carbocycles. The molecular weight excluding hydrogens is 132 g/mol. The van der Waals surface area contributed by atoms with Gasteiger partial charge in [-0.15, -0.1) is 0 Å². The second kappa shape index (κ2) is 4.79. The van der Waals surface area contributed by atoms with Crippen LogP contribution in [0.3, 0.4) is 0 Å². The molecule has 1 rings (SSSR count). The topological polar surface area (TPSA) is 0 Å². The highest BCUT2D eigenvalue weighted by molar-refractivity contribution is 4.67. The minimum absolute atomic E-state index is 0.970. The van der Waals surface area contributed by atoms with Gasteiger partial charge in [-0.2, -0.15) is 0 Å². The highest BCUT2D eigenvalue weighted by Crippen LogP contribution is 2.29. The Kier molecular flexibility index (Phi) is 3.96. The summed E-state index contributed by atoms with van der Waals surface area (Å²) in [7, 11) is 0. The molecule has 66 valence electrons. The standard InChI is InChI=1S/C11H22/c1-3-10(2)9-11-7-5-4-6-8-11/h10-11H,3-9H2,1-2H3/t10-/m1/s1. The van der Waals surface area contributed by atoms with Crippen molar-refractivity contribution in [2.75, 3.05) is 0 Å². The lowest BCUT2D eigenvalue weighted by atomic mass is 9.83. The lowest BCUT2D eigenvalue weighted by Gasteiger charge is -2.23. The third-order valence-electron chi connectivity index (χ3n) is 3.16. The third kappa shape index (κ3) is 3.27. The zero-order valence-electron chi connectivity index (χ0n) is 8.10. The Morgan fingerprint density at radius 3 is 2.36 bits per heavy atom. The van der Waals surface area contributed by atoms with Crippen LogP contribution >= 0.6 is 0 Å². The Labute approximate surface area is 71.4 Å². The molecule has 1 fully saturated rings. The Hall–Kier alpha value is 0. The molecule has 1 saturated carbocycles. The van der Waals surface area contributed by atoms with Crippen molar-refractivity contribution in [3.8, 4) is 0 Å². The van der Waals surface area contributed by atoms with Crippen molar-refractivity contribution in [2.24, 2.45) is 11.8 Å². The van der Waals surface area contributed by atoms with Crippen molar-refractivity contribution in [1.29, 1.82) is 0 Å². The van der Waals surface area contributed by atoms with Crippen LogP contribution in [0.5, 0.6) is 0 Å². The Balaban J connectivity index is 2.13. The summed E-state index contributed by atoms with van der Waals surface area (Å²) >= 11 is 0. The fraction of sp³-hybridized carbons (Fsp3) is 1.00. The van der Waals surface area contributed by atoms with Crippen LogP contribution in [0.4, 0.5) is 0 Å². The molecule has 0 heterocycles. The Bertz CT molecular complexity index is 90.2. The van der Waals surface area contributed by atoms with E-state index in [-0.39, 0.29) is 0 Å². The molecule has 0 N–H and O–H groups in total. The smallest absolute Gasteiger partial charge is 0.0412 e. The van der Waals surface area contributed by atoms with Crippen molar-refractivity contribution in [3.63, 3.8) is 0 Å². The lowest BCUT2D eigenvalue weighted by molar-refractivity contribution is 0.293. The van der Waals surface area contributed by atoms with Gasteiger partial charge in [-0.05, 0) is 18.3 Å². The molecule has 11 heavy (non-hydrogen) atoms. The zero-order chi connectivity index (χ0) is 8.10. The van der Waals surface area contributed by atoms with Crippen molar-refractivity contribution >= 4 is 0 Å². The molecule has 0 bridgehead atoms. The molecule has 0 saturated heterocycles. The van der Waals surface area contributed by atoms with E-state index in [4.69, 9.17) is 0 Å². The molecule has 0 aliphatic heterocycles. The summed E-state index contributed by atoms with van der Waals surface area (Å²) in [5, 5.41) is 0. The molecule has 0 aromatic heterocycles. The summed E-state index contributed by atoms with van der Waals surface area (Å²) in [6.07, 6.45) is 10.4. The van der Waals surface area contributed by atoms with E-state index < -0.39 is 0 Å². The predicted molar refractivity (Wildman–Crippen MR) is 50.6 cm³/mol. The first-order chi connectivity index (χ1) is 5.33. The number of hydrogen-bond acceptors (Lipinski definition) is 0. The van der Waals surface area contributed by atoms with Crippen molar-refractivity contribution in [2.45, 2.75) is 58.8 Å². The van der Waals surface area contributed by atoms with Crippen LogP contribution in [0.1, 0.15) is 58.8 Å². The number of hydrogen-bond donors (Lipinski definition) is 0. The van der Waals surface area contributed by atoms with Crippen molar-refractivity contribution in [1.82, 2.24) is 0 Å². The molecule has 0 heteroatoms. The van der Waals surface area contributed by atoms with Gasteiger partial charge in [-0.3, -0.25) is 0 Å². The molecular formula is C11H22. The van der Waals surface area contributed by atoms with Gasteiger partial charge in [0.15, 0.2) is 0 Å². The van der Waals surface area contributed by atoms with Crippen LogP contribution in [0, 0.1) is 11.8 Å². The summed E-state index contributed by atoms with van der Waals surface area (Å²) < 4.78 is 0. The molecule has 0 nitrogen and oxygen atoms in total. The Morgan fingerprint density at radius 1 is 1.18 bits per heavy atom. The monoisotopic (exact) mass is 154 g/mol. The van der Waals surface area contributed by atoms with E-state index in [0.717, 1.165) is 11.8 Å². The third-order valence-corrected chi connectivity index (χ3v) is 3.16. The molecule has 1 aliphatic rings. The maximum atomic E-state index is 2.40. The SMILES string of the molecule is CC[C@@H](C)CC1CCCCC1. The van der Waals surface area contributed by atoms with Gasteiger partial charge in [-0.1, -0.05) is 52.4 Å². The second-order valence-electron chi connectivity index (χ2n) is 4.25. The molecule has 0 spiro atoms. The van der Waals surface area contributed by atoms with Crippen LogP contribution in [0.15, 0.2) is 0 Å². The zero-order valence-corrected chi connectivity index (χ0v) is 8.10. The molecule has 1 aliphatic carbocycles. The van der Waals surface area contributed by atoms with E-state index >= 15 is 0 Å². The minimum atomic E-state index is 0.970. The van der Waals surface area contributed by atoms with Gasteiger partial charge >= 0.3 is 0 Å². The Morgan fingerprint density at radius 2 is 1.82 bits per heavy atom. The molecule has 0 amide bonds. The van der Waals surface area contributed by atoms with Gasteiger partial charge in [0.25, 0.3) is 0 Å². The van der Waals surface area contributed by atoms with Gasteiger partial charge in [0.2, 0.25) is 0 Å². The van der Waals surface area contributed by atoms with Crippen LogP contribution in [-0.2, 0) is 0 Å². The van der Waals surface area contributed by atoms with E-state index in [9.17, 15) is 0 Å². The van der Waals surface area contributed by atoms with Crippen LogP contribution in [-0.4, -0.2) is 0 Å². The number of rotatable bonds is 3. The van der Waals surface area contributed by atoms with E-state index in [2.05, 4.69) is 13.8 Å². The summed E-state index contributed by atoms with van der Waals surface area (Å²) in [4.78, 5) is 0. The molecule has 0 aromatic rings. The van der Waals surface area contributed by atoms with Crippen LogP contribution in [0.25, 0.3) is 0 Å². The summed E-state index contributed by atoms with van der Waals surface area (Å²) in [6.45, 7) is 4.71. The average molecular weight is 154 g/mol. The first-order valence-corrected chi connectivity index (χ1v) is 5.33. The van der Waals surface area contributed by atoms with Gasteiger partial charge < -0.3 is 0 Å². The summed E-state index contributed by atoms with van der Waals surface area (Å²) in [5.74, 6) is 2.05. The lowest BCUT2D eigenvalue weighted by Crippen LogP contribution is -2.09. The van der Waals surface area contributed by atoms with Gasteiger partial charge in [0.05, 0.1) is 0 Å². The van der Waals surface area contributed by atoms with Gasteiger partial charge in [0.1, 0.15) is 0 Å². The van der Waals surface area contributed by atoms with E-state index in [1.807, 2.05) is 0 Å². The fourth-order valence-electron chi connectivity index (χ4n) is 2.16. The van der Waals surface area contributed by atoms with Crippen molar-refractivity contribution < 1.29 is 0 Å². The summed E-state index contributed by atoms with van der Waals surface area (Å²) in [5.41, 5.74) is 0. The normalized spacial score (nSPS) is 23.5. The minimum Gasteiger partial charge on any atom is -0.0651 e. The van der Waals surface area contributed by atoms with Crippen LogP contribution in [0.2, 0.25) is 0 Å². The molecule has 1 atom stereocenters. The molecule has 0 unspecified atom stereocenters. The quantitative estimate of drug-likeness (QED) is 0.576. The van der Waals surface area contributed by atoms with Gasteiger partial charge in [0, 0.05) is 0 Å². The van der Waals surface area contributed by atoms with E-state index in [1.54, 1.807) is 0 Å². The maximum absolute atomic E-state index is 2.40. The maximum Gasteiger partial charge on any atom is -0.0412 e. The van der Waals surface area contributed by atoms with E-state index in [1.165, 1.54) is 44.9 Å². The molecule has 0 radical (unpaired) electrons. The largest absolute Gasteiger partial charge is 0.0651 e. The fourth-order valence-corrected chi connectivity index (χ4v) is 2.16. The second-order valence-corrected chi connectivity index (χ2v) is 4.25. The van der Waals surface area contributed by atoms with Gasteiger partial charge in [-0.25, -0.2) is 0 Å². The van der Waals surface area contributed by atoms with E-state index in [0.29, 0.717) is 0 Å². The highest BCUT2D eigenvalue weighted by atomic mass is 14.2.